The summed E-state index contributed by atoms with van der Waals surface area (Å²) >= 11 is 0. The maximum atomic E-state index is 11.6. The Hall–Kier alpha value is -2.97. The molecule has 8 nitrogen and oxygen atoms in total. The molecule has 1 heterocycles. The second-order valence-corrected chi connectivity index (χ2v) is 6.78. The summed E-state index contributed by atoms with van der Waals surface area (Å²) in [7, 11) is 5.66. The smallest absolute Gasteiger partial charge is 0.280 e. The number of aromatic nitrogens is 1. The largest absolute Gasteiger partial charge is 0.497 e. The van der Waals surface area contributed by atoms with Crippen molar-refractivity contribution in [1.29, 1.82) is 0 Å². The van der Waals surface area contributed by atoms with Crippen LogP contribution >= 0.6 is 0 Å². The van der Waals surface area contributed by atoms with E-state index in [1.807, 2.05) is 32.3 Å². The van der Waals surface area contributed by atoms with Crippen LogP contribution in [0.1, 0.15) is 0 Å². The lowest BCUT2D eigenvalue weighted by atomic mass is 10.1. The lowest BCUT2D eigenvalue weighted by Gasteiger charge is -2.15. The number of ether oxygens (including phenoxy) is 1. The summed E-state index contributed by atoms with van der Waals surface area (Å²) < 4.78 is 5.34. The molecule has 0 saturated heterocycles. The molecular formula is C20H25N5O3. The third-order valence-electron chi connectivity index (χ3n) is 4.52. The number of anilines is 1. The van der Waals surface area contributed by atoms with Gasteiger partial charge in [-0.3, -0.25) is 10.1 Å². The summed E-state index contributed by atoms with van der Waals surface area (Å²) in [6, 6.07) is 10.5. The fraction of sp³-hybridized carbons (Fsp3) is 0.350. The molecule has 3 aromatic rings. The van der Waals surface area contributed by atoms with Crippen molar-refractivity contribution in [2.75, 3.05) is 52.7 Å². The van der Waals surface area contributed by atoms with E-state index in [1.54, 1.807) is 19.2 Å². The summed E-state index contributed by atoms with van der Waals surface area (Å²) in [5.41, 5.74) is 2.10. The predicted molar refractivity (Wildman–Crippen MR) is 112 cm³/mol. The van der Waals surface area contributed by atoms with Crippen molar-refractivity contribution in [2.24, 2.45) is 0 Å². The molecule has 148 valence electrons. The van der Waals surface area contributed by atoms with Gasteiger partial charge in [0.2, 0.25) is 0 Å². The van der Waals surface area contributed by atoms with Crippen molar-refractivity contribution in [3.63, 3.8) is 0 Å². The van der Waals surface area contributed by atoms with Gasteiger partial charge in [-0.2, -0.15) is 0 Å². The Morgan fingerprint density at radius 1 is 1.14 bits per heavy atom. The maximum absolute atomic E-state index is 11.6. The first-order valence-corrected chi connectivity index (χ1v) is 9.15. The number of likely N-dealkylation sites (N-methyl/N-ethyl adjacent to an activating group) is 1. The molecule has 0 bridgehead atoms. The molecule has 0 fully saturated rings. The maximum Gasteiger partial charge on any atom is 0.280 e. The van der Waals surface area contributed by atoms with Crippen LogP contribution in [-0.2, 0) is 0 Å². The van der Waals surface area contributed by atoms with Crippen LogP contribution in [0.2, 0.25) is 0 Å². The highest BCUT2D eigenvalue weighted by molar-refractivity contribution is 6.11. The lowest BCUT2D eigenvalue weighted by Crippen LogP contribution is -2.30. The minimum atomic E-state index is -0.365. The van der Waals surface area contributed by atoms with Crippen molar-refractivity contribution < 1.29 is 9.66 Å². The van der Waals surface area contributed by atoms with E-state index >= 15 is 0 Å². The molecule has 0 unspecified atom stereocenters. The van der Waals surface area contributed by atoms with Crippen molar-refractivity contribution in [1.82, 2.24) is 15.2 Å². The van der Waals surface area contributed by atoms with E-state index in [0.29, 0.717) is 28.9 Å². The van der Waals surface area contributed by atoms with Crippen LogP contribution in [-0.4, -0.2) is 62.2 Å². The number of pyridine rings is 1. The lowest BCUT2D eigenvalue weighted by molar-refractivity contribution is -0.383. The van der Waals surface area contributed by atoms with Gasteiger partial charge in [0.05, 0.1) is 28.8 Å². The Bertz CT molecular complexity index is 990. The summed E-state index contributed by atoms with van der Waals surface area (Å²) in [5.74, 6) is 0.680. The number of methoxy groups -OCH3 is 1. The van der Waals surface area contributed by atoms with Gasteiger partial charge in [-0.05, 0) is 38.4 Å². The highest BCUT2D eigenvalue weighted by atomic mass is 16.6. The second kappa shape index (κ2) is 8.81. The summed E-state index contributed by atoms with van der Waals surface area (Å²) in [6.45, 7) is 3.19. The highest BCUT2D eigenvalue weighted by Gasteiger charge is 2.19. The minimum Gasteiger partial charge on any atom is -0.497 e. The Morgan fingerprint density at radius 2 is 1.96 bits per heavy atom. The van der Waals surface area contributed by atoms with Crippen LogP contribution in [0.25, 0.3) is 21.8 Å². The molecule has 0 aliphatic rings. The number of non-ortho nitro benzene ring substituents is 1. The average molecular weight is 383 g/mol. The topological polar surface area (TPSA) is 92.6 Å². The number of hydrogen-bond donors (Lipinski definition) is 2. The number of nitrogens with one attached hydrogen (secondary N) is 2. The molecule has 0 saturated carbocycles. The molecule has 0 spiro atoms. The second-order valence-electron chi connectivity index (χ2n) is 6.78. The van der Waals surface area contributed by atoms with Crippen LogP contribution < -0.4 is 15.4 Å². The first-order valence-electron chi connectivity index (χ1n) is 9.15. The summed E-state index contributed by atoms with van der Waals surface area (Å²) in [5, 5.41) is 19.7. The minimum absolute atomic E-state index is 0.0396. The number of nitro groups is 1. The molecule has 8 heteroatoms. The zero-order valence-electron chi connectivity index (χ0n) is 16.4. The Labute approximate surface area is 163 Å². The molecular weight excluding hydrogens is 358 g/mol. The number of nitro benzene ring substituents is 1. The van der Waals surface area contributed by atoms with E-state index in [4.69, 9.17) is 4.74 Å². The predicted octanol–water partition coefficient (Wildman–Crippen LogP) is 2.87. The zero-order valence-corrected chi connectivity index (χ0v) is 16.4. The zero-order chi connectivity index (χ0) is 20.1. The molecule has 2 aromatic carbocycles. The highest BCUT2D eigenvalue weighted by Crippen LogP contribution is 2.37. The number of rotatable bonds is 9. The fourth-order valence-electron chi connectivity index (χ4n) is 3.12. The average Bonchev–Trinajstić information content (AvgIpc) is 2.68. The number of hydrogen-bond acceptors (Lipinski definition) is 7. The molecule has 28 heavy (non-hydrogen) atoms. The van der Waals surface area contributed by atoms with Crippen molar-refractivity contribution >= 4 is 33.2 Å². The number of benzene rings is 2. The standard InChI is InChI=1S/C20H25N5O3/c1-24(2)12-11-21-9-10-22-20-15-13-14(28-3)7-8-16(15)23-17-5-4-6-18(19(17)20)25(26)27/h4-8,13,21H,9-12H2,1-3H3,(H,22,23). The first kappa shape index (κ1) is 19.8. The van der Waals surface area contributed by atoms with Crippen molar-refractivity contribution in [3.05, 3.63) is 46.5 Å². The Morgan fingerprint density at radius 3 is 2.68 bits per heavy atom. The van der Waals surface area contributed by atoms with Crippen LogP contribution in [0.4, 0.5) is 11.4 Å². The van der Waals surface area contributed by atoms with Crippen molar-refractivity contribution in [2.45, 2.75) is 0 Å². The third kappa shape index (κ3) is 4.29. The quantitative estimate of drug-likeness (QED) is 0.254. The van der Waals surface area contributed by atoms with Gasteiger partial charge in [-0.1, -0.05) is 6.07 Å². The fourth-order valence-corrected chi connectivity index (χ4v) is 3.12. The van der Waals surface area contributed by atoms with E-state index in [2.05, 4.69) is 20.5 Å². The van der Waals surface area contributed by atoms with E-state index in [-0.39, 0.29) is 10.6 Å². The molecule has 0 atom stereocenters. The normalized spacial score (nSPS) is 11.3. The Kier molecular flexibility index (Phi) is 6.23. The van der Waals surface area contributed by atoms with Crippen LogP contribution in [0, 0.1) is 10.1 Å². The first-order chi connectivity index (χ1) is 13.5. The molecule has 3 rings (SSSR count). The van der Waals surface area contributed by atoms with Gasteiger partial charge < -0.3 is 20.3 Å². The van der Waals surface area contributed by atoms with Crippen LogP contribution in [0.3, 0.4) is 0 Å². The van der Waals surface area contributed by atoms with Gasteiger partial charge in [0.25, 0.3) is 5.69 Å². The van der Waals surface area contributed by atoms with Gasteiger partial charge >= 0.3 is 0 Å². The van der Waals surface area contributed by atoms with Crippen LogP contribution in [0.5, 0.6) is 5.75 Å². The van der Waals surface area contributed by atoms with E-state index in [1.165, 1.54) is 6.07 Å². The van der Waals surface area contributed by atoms with Crippen molar-refractivity contribution in [3.8, 4) is 5.75 Å². The van der Waals surface area contributed by atoms with E-state index in [9.17, 15) is 10.1 Å². The van der Waals surface area contributed by atoms with Crippen LogP contribution in [0.15, 0.2) is 36.4 Å². The van der Waals surface area contributed by atoms with Gasteiger partial charge in [0.15, 0.2) is 0 Å². The third-order valence-corrected chi connectivity index (χ3v) is 4.52. The molecule has 0 aliphatic heterocycles. The van der Waals surface area contributed by atoms with Gasteiger partial charge in [0.1, 0.15) is 11.1 Å². The number of fused-ring (bicyclic) bond motifs is 2. The Balaban J connectivity index is 2.00. The molecule has 2 N–H and O–H groups in total. The van der Waals surface area contributed by atoms with E-state index in [0.717, 1.165) is 30.5 Å². The summed E-state index contributed by atoms with van der Waals surface area (Å²) in [6.07, 6.45) is 0. The van der Waals surface area contributed by atoms with E-state index < -0.39 is 0 Å². The monoisotopic (exact) mass is 383 g/mol. The summed E-state index contributed by atoms with van der Waals surface area (Å²) in [4.78, 5) is 18.0. The van der Waals surface area contributed by atoms with Gasteiger partial charge in [0, 0.05) is 37.6 Å². The molecule has 0 aliphatic carbocycles. The van der Waals surface area contributed by atoms with Gasteiger partial charge in [-0.25, -0.2) is 4.98 Å². The molecule has 0 radical (unpaired) electrons. The SMILES string of the molecule is COc1ccc2nc3cccc([N+](=O)[O-])c3c(NCCNCCN(C)C)c2c1. The van der Waals surface area contributed by atoms with Gasteiger partial charge in [-0.15, -0.1) is 0 Å². The molecule has 0 amide bonds. The number of nitrogens with zero attached hydrogens (tertiary/aromatic N) is 3. The molecule has 1 aromatic heterocycles.